The van der Waals surface area contributed by atoms with Gasteiger partial charge in [-0.2, -0.15) is 0 Å². The zero-order valence-corrected chi connectivity index (χ0v) is 19.0. The van der Waals surface area contributed by atoms with Gasteiger partial charge in [-0.1, -0.05) is 18.2 Å². The van der Waals surface area contributed by atoms with Gasteiger partial charge in [0, 0.05) is 16.5 Å². The van der Waals surface area contributed by atoms with Crippen LogP contribution in [0.2, 0.25) is 0 Å². The molecule has 6 nitrogen and oxygen atoms in total. The topological polar surface area (TPSA) is 74.9 Å². The first-order valence-electron chi connectivity index (χ1n) is 11.0. The summed E-state index contributed by atoms with van der Waals surface area (Å²) in [6.07, 6.45) is 5.57. The second kappa shape index (κ2) is 8.39. The van der Waals surface area contributed by atoms with Crippen LogP contribution >= 0.6 is 11.3 Å². The number of benzene rings is 1. The van der Waals surface area contributed by atoms with Crippen molar-refractivity contribution in [2.75, 3.05) is 4.90 Å². The van der Waals surface area contributed by atoms with Gasteiger partial charge in [0.05, 0.1) is 24.1 Å². The van der Waals surface area contributed by atoms with Gasteiger partial charge in [0.2, 0.25) is 0 Å². The lowest BCUT2D eigenvalue weighted by Gasteiger charge is -2.20. The number of nitrogens with zero attached hydrogens (tertiary/aromatic N) is 2. The minimum atomic E-state index is -0.167. The molecule has 164 valence electrons. The molecule has 2 aromatic heterocycles. The Kier molecular flexibility index (Phi) is 5.43. The van der Waals surface area contributed by atoms with E-state index in [2.05, 4.69) is 5.32 Å². The molecule has 0 saturated carbocycles. The number of carbonyl (C=O) groups is 2. The van der Waals surface area contributed by atoms with E-state index in [0.29, 0.717) is 28.6 Å². The van der Waals surface area contributed by atoms with E-state index in [-0.39, 0.29) is 17.9 Å². The number of amides is 2. The lowest BCUT2D eigenvalue weighted by atomic mass is 9.95. The summed E-state index contributed by atoms with van der Waals surface area (Å²) in [6, 6.07) is 11.4. The lowest BCUT2D eigenvalue weighted by Crippen LogP contribution is -2.35. The second-order valence-electron chi connectivity index (χ2n) is 8.40. The molecule has 3 aromatic rings. The molecule has 2 amide bonds. The first-order valence-corrected chi connectivity index (χ1v) is 11.8. The molecule has 1 N–H and O–H groups in total. The minimum Gasteiger partial charge on any atom is -0.467 e. The molecular formula is C25H25N3O3S. The maximum Gasteiger partial charge on any atom is 0.277 e. The highest BCUT2D eigenvalue weighted by Gasteiger charge is 2.36. The summed E-state index contributed by atoms with van der Waals surface area (Å²) < 4.78 is 5.35. The monoisotopic (exact) mass is 447 g/mol. The number of aryl methyl sites for hydroxylation is 1. The van der Waals surface area contributed by atoms with Crippen LogP contribution in [0.25, 0.3) is 0 Å². The van der Waals surface area contributed by atoms with Gasteiger partial charge in [-0.15, -0.1) is 11.3 Å². The zero-order chi connectivity index (χ0) is 22.2. The van der Waals surface area contributed by atoms with E-state index < -0.39 is 0 Å². The number of para-hydroxylation sites is 1. The normalized spacial score (nSPS) is 16.5. The summed E-state index contributed by atoms with van der Waals surface area (Å²) in [5.41, 5.74) is 3.79. The lowest BCUT2D eigenvalue weighted by molar-refractivity contribution is -0.112. The van der Waals surface area contributed by atoms with Crippen LogP contribution in [0.5, 0.6) is 0 Å². The molecule has 0 bridgehead atoms. The van der Waals surface area contributed by atoms with Gasteiger partial charge in [-0.05, 0) is 63.3 Å². The first kappa shape index (κ1) is 20.7. The standard InChI is InChI=1S/C25H25N3O3S/c1-15(2)28-19-11-5-3-9-17(19)22(25(28)30)27-24-21(18-10-4-6-12-20(18)32-24)23(29)26-14-16-8-7-13-31-16/h3,5,7-9,11,13,15H,4,6,10,12,14H2,1-2H3,(H,26,29). The van der Waals surface area contributed by atoms with E-state index in [9.17, 15) is 9.59 Å². The third kappa shape index (κ3) is 3.56. The fraction of sp³-hybridized carbons (Fsp3) is 0.320. The fourth-order valence-corrected chi connectivity index (χ4v) is 5.74. The number of furan rings is 1. The molecular weight excluding hydrogens is 422 g/mol. The summed E-state index contributed by atoms with van der Waals surface area (Å²) in [5, 5.41) is 3.59. The van der Waals surface area contributed by atoms with Gasteiger partial charge in [0.15, 0.2) is 0 Å². The van der Waals surface area contributed by atoms with E-state index in [1.165, 1.54) is 4.88 Å². The Balaban J connectivity index is 1.56. The Morgan fingerprint density at radius 2 is 2.00 bits per heavy atom. The Morgan fingerprint density at radius 3 is 2.78 bits per heavy atom. The molecule has 1 aliphatic carbocycles. The molecule has 0 unspecified atom stereocenters. The maximum absolute atomic E-state index is 13.3. The smallest absolute Gasteiger partial charge is 0.277 e. The van der Waals surface area contributed by atoms with Gasteiger partial charge in [0.1, 0.15) is 16.5 Å². The molecule has 0 atom stereocenters. The predicted octanol–water partition coefficient (Wildman–Crippen LogP) is 5.03. The summed E-state index contributed by atoms with van der Waals surface area (Å²) in [7, 11) is 0. The van der Waals surface area contributed by atoms with Gasteiger partial charge in [-0.25, -0.2) is 4.99 Å². The summed E-state index contributed by atoms with van der Waals surface area (Å²) in [5.74, 6) is 0.414. The van der Waals surface area contributed by atoms with Crippen molar-refractivity contribution in [1.29, 1.82) is 0 Å². The van der Waals surface area contributed by atoms with Gasteiger partial charge >= 0.3 is 0 Å². The minimum absolute atomic E-state index is 0.0176. The highest BCUT2D eigenvalue weighted by atomic mass is 32.1. The average molecular weight is 448 g/mol. The van der Waals surface area contributed by atoms with Crippen LogP contribution in [0.15, 0.2) is 52.1 Å². The molecule has 0 saturated heterocycles. The molecule has 3 heterocycles. The number of fused-ring (bicyclic) bond motifs is 2. The molecule has 32 heavy (non-hydrogen) atoms. The van der Waals surface area contributed by atoms with Gasteiger partial charge < -0.3 is 14.6 Å². The number of thiophene rings is 1. The van der Waals surface area contributed by atoms with Gasteiger partial charge in [0.25, 0.3) is 11.8 Å². The number of anilines is 1. The Hall–Kier alpha value is -3.19. The number of aliphatic imine (C=N–C) groups is 1. The quantitative estimate of drug-likeness (QED) is 0.596. The fourth-order valence-electron chi connectivity index (χ4n) is 4.48. The first-order chi connectivity index (χ1) is 15.5. The predicted molar refractivity (Wildman–Crippen MR) is 126 cm³/mol. The van der Waals surface area contributed by atoms with Crippen LogP contribution in [0, 0.1) is 0 Å². The van der Waals surface area contributed by atoms with Crippen molar-refractivity contribution in [2.45, 2.75) is 52.1 Å². The molecule has 1 aromatic carbocycles. The molecule has 1 aliphatic heterocycles. The van der Waals surface area contributed by atoms with Crippen molar-refractivity contribution in [2.24, 2.45) is 4.99 Å². The van der Waals surface area contributed by atoms with Crippen LogP contribution < -0.4 is 10.2 Å². The molecule has 7 heteroatoms. The summed E-state index contributed by atoms with van der Waals surface area (Å²) in [4.78, 5) is 34.4. The van der Waals surface area contributed by atoms with Crippen LogP contribution in [-0.4, -0.2) is 23.6 Å². The van der Waals surface area contributed by atoms with Crippen molar-refractivity contribution in [3.8, 4) is 0 Å². The Morgan fingerprint density at radius 1 is 1.19 bits per heavy atom. The largest absolute Gasteiger partial charge is 0.467 e. The highest BCUT2D eigenvalue weighted by Crippen LogP contribution is 2.41. The van der Waals surface area contributed by atoms with Crippen LogP contribution in [0.1, 0.15) is 58.8 Å². The van der Waals surface area contributed by atoms with E-state index in [1.54, 1.807) is 28.6 Å². The molecule has 0 radical (unpaired) electrons. The van der Waals surface area contributed by atoms with Crippen molar-refractivity contribution in [3.63, 3.8) is 0 Å². The average Bonchev–Trinajstić information content (AvgIpc) is 3.49. The SMILES string of the molecule is CC(C)N1C(=O)C(=Nc2sc3c(c2C(=O)NCc2ccco2)CCCC3)c2ccccc21. The van der Waals surface area contributed by atoms with Crippen molar-refractivity contribution in [1.82, 2.24) is 5.32 Å². The number of nitrogens with one attached hydrogen (secondary N) is 1. The van der Waals surface area contributed by atoms with Crippen LogP contribution in [0.3, 0.4) is 0 Å². The highest BCUT2D eigenvalue weighted by molar-refractivity contribution is 7.16. The van der Waals surface area contributed by atoms with Crippen LogP contribution in [-0.2, 0) is 24.2 Å². The Labute approximate surface area is 191 Å². The summed E-state index contributed by atoms with van der Waals surface area (Å²) in [6.45, 7) is 4.30. The number of rotatable bonds is 5. The number of carbonyl (C=O) groups excluding carboxylic acids is 2. The maximum atomic E-state index is 13.3. The third-order valence-corrected chi connectivity index (χ3v) is 7.14. The molecule has 2 aliphatic rings. The third-order valence-electron chi connectivity index (χ3n) is 5.95. The van der Waals surface area contributed by atoms with Crippen molar-refractivity contribution >= 4 is 39.6 Å². The van der Waals surface area contributed by atoms with E-state index in [4.69, 9.17) is 9.41 Å². The molecule has 5 rings (SSSR count). The molecule has 0 fully saturated rings. The zero-order valence-electron chi connectivity index (χ0n) is 18.2. The van der Waals surface area contributed by atoms with E-state index in [1.807, 2.05) is 44.2 Å². The number of hydrogen-bond acceptors (Lipinski definition) is 5. The Bertz CT molecular complexity index is 1210. The van der Waals surface area contributed by atoms with Crippen molar-refractivity contribution in [3.05, 3.63) is 70.0 Å². The van der Waals surface area contributed by atoms with E-state index in [0.717, 1.165) is 42.5 Å². The van der Waals surface area contributed by atoms with E-state index >= 15 is 0 Å². The molecule has 0 spiro atoms. The van der Waals surface area contributed by atoms with Gasteiger partial charge in [-0.3, -0.25) is 9.59 Å². The van der Waals surface area contributed by atoms with Crippen molar-refractivity contribution < 1.29 is 14.0 Å². The number of hydrogen-bond donors (Lipinski definition) is 1. The summed E-state index contributed by atoms with van der Waals surface area (Å²) >= 11 is 1.54. The second-order valence-corrected chi connectivity index (χ2v) is 9.48. The van der Waals surface area contributed by atoms with Crippen LogP contribution in [0.4, 0.5) is 10.7 Å².